The predicted molar refractivity (Wildman–Crippen MR) is 80.3 cm³/mol. The lowest BCUT2D eigenvalue weighted by Crippen LogP contribution is -2.14. The van der Waals surface area contributed by atoms with Crippen LogP contribution in [0, 0.1) is 0 Å². The van der Waals surface area contributed by atoms with Crippen molar-refractivity contribution in [3.8, 4) is 11.6 Å². The Morgan fingerprint density at radius 2 is 2.14 bits per heavy atom. The minimum Gasteiger partial charge on any atom is -0.401 e. The summed E-state index contributed by atoms with van der Waals surface area (Å²) < 4.78 is 6.98. The Morgan fingerprint density at radius 3 is 2.86 bits per heavy atom. The SMILES string of the molecule is Cn1ccc(-c2nnc(NC(=O)Cc3ccccc3Cl)o2)n1. The van der Waals surface area contributed by atoms with E-state index in [2.05, 4.69) is 20.6 Å². The van der Waals surface area contributed by atoms with E-state index in [1.165, 1.54) is 0 Å². The van der Waals surface area contributed by atoms with Gasteiger partial charge in [0.15, 0.2) is 0 Å². The third-order valence-corrected chi connectivity index (χ3v) is 3.28. The van der Waals surface area contributed by atoms with E-state index in [0.29, 0.717) is 10.7 Å². The fourth-order valence-corrected chi connectivity index (χ4v) is 2.09. The second-order valence-corrected chi connectivity index (χ2v) is 5.01. The first-order valence-corrected chi connectivity index (χ1v) is 6.86. The van der Waals surface area contributed by atoms with E-state index in [1.807, 2.05) is 6.07 Å². The maximum Gasteiger partial charge on any atom is 0.322 e. The van der Waals surface area contributed by atoms with Crippen molar-refractivity contribution in [3.63, 3.8) is 0 Å². The Morgan fingerprint density at radius 1 is 1.32 bits per heavy atom. The molecule has 3 rings (SSSR count). The largest absolute Gasteiger partial charge is 0.401 e. The molecule has 0 atom stereocenters. The number of nitrogens with zero attached hydrogens (tertiary/aromatic N) is 4. The first-order chi connectivity index (χ1) is 10.6. The molecule has 3 aromatic rings. The van der Waals surface area contributed by atoms with Gasteiger partial charge < -0.3 is 4.42 Å². The van der Waals surface area contributed by atoms with Crippen LogP contribution in [-0.2, 0) is 18.3 Å². The average Bonchev–Trinajstić information content (AvgIpc) is 3.10. The highest BCUT2D eigenvalue weighted by Gasteiger charge is 2.14. The lowest BCUT2D eigenvalue weighted by atomic mass is 10.1. The summed E-state index contributed by atoms with van der Waals surface area (Å²) in [6.45, 7) is 0. The van der Waals surface area contributed by atoms with Crippen molar-refractivity contribution in [2.45, 2.75) is 6.42 Å². The van der Waals surface area contributed by atoms with Crippen molar-refractivity contribution in [1.29, 1.82) is 0 Å². The lowest BCUT2D eigenvalue weighted by molar-refractivity contribution is -0.115. The molecule has 1 aromatic carbocycles. The number of carbonyl (C=O) groups excluding carboxylic acids is 1. The molecule has 2 aromatic heterocycles. The summed E-state index contributed by atoms with van der Waals surface area (Å²) in [5, 5.41) is 14.8. The van der Waals surface area contributed by atoms with Crippen LogP contribution < -0.4 is 5.32 Å². The third kappa shape index (κ3) is 3.15. The molecule has 0 aliphatic carbocycles. The van der Waals surface area contributed by atoms with Crippen LogP contribution in [0.15, 0.2) is 40.9 Å². The normalized spacial score (nSPS) is 10.6. The van der Waals surface area contributed by atoms with E-state index in [1.54, 1.807) is 42.2 Å². The number of halogens is 1. The highest BCUT2D eigenvalue weighted by atomic mass is 35.5. The van der Waals surface area contributed by atoms with Gasteiger partial charge in [0, 0.05) is 18.3 Å². The zero-order valence-corrected chi connectivity index (χ0v) is 12.4. The van der Waals surface area contributed by atoms with Crippen LogP contribution >= 0.6 is 11.6 Å². The molecule has 2 heterocycles. The molecule has 8 heteroatoms. The number of carbonyl (C=O) groups is 1. The summed E-state index contributed by atoms with van der Waals surface area (Å²) in [5.41, 5.74) is 1.27. The van der Waals surface area contributed by atoms with Crippen molar-refractivity contribution >= 4 is 23.5 Å². The van der Waals surface area contributed by atoms with E-state index in [4.69, 9.17) is 16.0 Å². The minimum absolute atomic E-state index is 0.0257. The molecule has 0 radical (unpaired) electrons. The van der Waals surface area contributed by atoms with Crippen LogP contribution in [0.5, 0.6) is 0 Å². The molecule has 112 valence electrons. The number of amides is 1. The molecule has 0 saturated carbocycles. The van der Waals surface area contributed by atoms with Gasteiger partial charge in [-0.05, 0) is 17.7 Å². The van der Waals surface area contributed by atoms with E-state index in [9.17, 15) is 4.79 Å². The fraction of sp³-hybridized carbons (Fsp3) is 0.143. The molecule has 1 N–H and O–H groups in total. The van der Waals surface area contributed by atoms with Crippen LogP contribution in [0.4, 0.5) is 6.01 Å². The smallest absolute Gasteiger partial charge is 0.322 e. The fourth-order valence-electron chi connectivity index (χ4n) is 1.88. The maximum atomic E-state index is 12.0. The summed E-state index contributed by atoms with van der Waals surface area (Å²) in [7, 11) is 1.78. The number of rotatable bonds is 4. The highest BCUT2D eigenvalue weighted by molar-refractivity contribution is 6.31. The van der Waals surface area contributed by atoms with Gasteiger partial charge in [-0.25, -0.2) is 0 Å². The molecule has 0 aliphatic heterocycles. The maximum absolute atomic E-state index is 12.0. The van der Waals surface area contributed by atoms with E-state index in [0.717, 1.165) is 5.56 Å². The Bertz CT molecular complexity index is 811. The van der Waals surface area contributed by atoms with Gasteiger partial charge in [-0.2, -0.15) is 5.10 Å². The molecule has 1 amide bonds. The number of hydrogen-bond acceptors (Lipinski definition) is 5. The molecule has 0 saturated heterocycles. The Hall–Kier alpha value is -2.67. The van der Waals surface area contributed by atoms with Gasteiger partial charge in [0.2, 0.25) is 5.91 Å². The summed E-state index contributed by atoms with van der Waals surface area (Å²) in [6.07, 6.45) is 1.89. The average molecular weight is 318 g/mol. The van der Waals surface area contributed by atoms with Crippen LogP contribution in [0.3, 0.4) is 0 Å². The second-order valence-electron chi connectivity index (χ2n) is 4.60. The molecule has 22 heavy (non-hydrogen) atoms. The summed E-state index contributed by atoms with van der Waals surface area (Å²) in [5.74, 6) is -0.0436. The topological polar surface area (TPSA) is 85.8 Å². The monoisotopic (exact) mass is 317 g/mol. The molecule has 0 spiro atoms. The van der Waals surface area contributed by atoms with Crippen LogP contribution in [0.25, 0.3) is 11.6 Å². The van der Waals surface area contributed by atoms with Gasteiger partial charge >= 0.3 is 6.01 Å². The number of benzene rings is 1. The second kappa shape index (κ2) is 5.98. The van der Waals surface area contributed by atoms with E-state index < -0.39 is 0 Å². The third-order valence-electron chi connectivity index (χ3n) is 2.91. The zero-order chi connectivity index (χ0) is 15.5. The van der Waals surface area contributed by atoms with E-state index >= 15 is 0 Å². The zero-order valence-electron chi connectivity index (χ0n) is 11.7. The van der Waals surface area contributed by atoms with Crippen molar-refractivity contribution in [2.75, 3.05) is 5.32 Å². The quantitative estimate of drug-likeness (QED) is 0.798. The summed E-state index contributed by atoms with van der Waals surface area (Å²) in [6, 6.07) is 8.91. The Kier molecular flexibility index (Phi) is 3.88. The van der Waals surface area contributed by atoms with Crippen molar-refractivity contribution < 1.29 is 9.21 Å². The molecule has 7 nitrogen and oxygen atoms in total. The van der Waals surface area contributed by atoms with Gasteiger partial charge in [-0.15, -0.1) is 5.10 Å². The molecule has 0 fully saturated rings. The molecule has 0 bridgehead atoms. The number of hydrogen-bond donors (Lipinski definition) is 1. The van der Waals surface area contributed by atoms with Crippen LogP contribution in [0.1, 0.15) is 5.56 Å². The van der Waals surface area contributed by atoms with E-state index in [-0.39, 0.29) is 24.2 Å². The van der Waals surface area contributed by atoms with Gasteiger partial charge in [-0.3, -0.25) is 14.8 Å². The Balaban J connectivity index is 1.67. The number of nitrogens with one attached hydrogen (secondary N) is 1. The van der Waals surface area contributed by atoms with Crippen LogP contribution in [0.2, 0.25) is 5.02 Å². The van der Waals surface area contributed by atoms with Gasteiger partial charge in [0.1, 0.15) is 5.69 Å². The first kappa shape index (κ1) is 14.3. The summed E-state index contributed by atoms with van der Waals surface area (Å²) >= 11 is 6.02. The lowest BCUT2D eigenvalue weighted by Gasteiger charge is -2.02. The highest BCUT2D eigenvalue weighted by Crippen LogP contribution is 2.18. The molecular formula is C14H12ClN5O2. The van der Waals surface area contributed by atoms with Gasteiger partial charge in [0.05, 0.1) is 6.42 Å². The van der Waals surface area contributed by atoms with Gasteiger partial charge in [-0.1, -0.05) is 34.9 Å². The molecule has 0 aliphatic rings. The number of aryl methyl sites for hydroxylation is 1. The standard InChI is InChI=1S/C14H12ClN5O2/c1-20-7-6-11(19-20)13-17-18-14(22-13)16-12(21)8-9-4-2-3-5-10(9)15/h2-7H,8H2,1H3,(H,16,18,21). The number of aromatic nitrogens is 4. The van der Waals surface area contributed by atoms with Crippen molar-refractivity contribution in [3.05, 3.63) is 47.1 Å². The first-order valence-electron chi connectivity index (χ1n) is 6.48. The Labute approximate surface area is 130 Å². The molecule has 0 unspecified atom stereocenters. The van der Waals surface area contributed by atoms with Gasteiger partial charge in [0.25, 0.3) is 5.89 Å². The van der Waals surface area contributed by atoms with Crippen molar-refractivity contribution in [1.82, 2.24) is 20.0 Å². The summed E-state index contributed by atoms with van der Waals surface area (Å²) in [4.78, 5) is 12.0. The minimum atomic E-state index is -0.288. The van der Waals surface area contributed by atoms with Crippen LogP contribution in [-0.4, -0.2) is 25.9 Å². The molecular weight excluding hydrogens is 306 g/mol. The predicted octanol–water partition coefficient (Wildman–Crippen LogP) is 2.30. The van der Waals surface area contributed by atoms with Crippen molar-refractivity contribution in [2.24, 2.45) is 7.05 Å². The number of anilines is 1.